The Morgan fingerprint density at radius 1 is 1.04 bits per heavy atom. The van der Waals surface area contributed by atoms with Crippen molar-refractivity contribution in [1.29, 1.82) is 0 Å². The summed E-state index contributed by atoms with van der Waals surface area (Å²) in [7, 11) is 3.55. The molecule has 2 aromatic carbocycles. The number of carbonyl (C=O) groups is 2. The first-order chi connectivity index (χ1) is 23.0. The van der Waals surface area contributed by atoms with Crippen molar-refractivity contribution in [3.8, 4) is 16.3 Å². The molecule has 48 heavy (non-hydrogen) atoms. The van der Waals surface area contributed by atoms with E-state index >= 15 is 0 Å². The van der Waals surface area contributed by atoms with Crippen LogP contribution in [0.15, 0.2) is 54.6 Å². The van der Waals surface area contributed by atoms with E-state index in [0.717, 1.165) is 28.4 Å². The van der Waals surface area contributed by atoms with Crippen LogP contribution >= 0.6 is 11.3 Å². The number of aromatic nitrogens is 2. The number of nitrogens with zero attached hydrogens (tertiary/aromatic N) is 5. The van der Waals surface area contributed by atoms with Gasteiger partial charge in [-0.2, -0.15) is 0 Å². The van der Waals surface area contributed by atoms with E-state index in [2.05, 4.69) is 15.5 Å². The molecule has 13 nitrogen and oxygen atoms in total. The summed E-state index contributed by atoms with van der Waals surface area (Å²) in [5.41, 5.74) is 0.426. The van der Waals surface area contributed by atoms with E-state index in [4.69, 9.17) is 14.2 Å². The molecule has 4 aromatic rings. The average Bonchev–Trinajstić information content (AvgIpc) is 3.39. The van der Waals surface area contributed by atoms with Crippen molar-refractivity contribution < 1.29 is 37.5 Å². The zero-order chi connectivity index (χ0) is 34.4. The lowest BCUT2D eigenvalue weighted by molar-refractivity contribution is -0.384. The second-order valence-electron chi connectivity index (χ2n) is 11.0. The molecule has 5 rings (SSSR count). The van der Waals surface area contributed by atoms with Gasteiger partial charge < -0.3 is 24.4 Å². The van der Waals surface area contributed by atoms with E-state index in [0.29, 0.717) is 35.8 Å². The molecule has 0 unspecified atom stereocenters. The molecule has 1 fully saturated rings. The molecule has 0 aliphatic carbocycles. The van der Waals surface area contributed by atoms with Crippen LogP contribution in [0.3, 0.4) is 0 Å². The maximum absolute atomic E-state index is 14.9. The molecular weight excluding hydrogens is 650 g/mol. The van der Waals surface area contributed by atoms with Crippen LogP contribution in [-0.4, -0.2) is 72.5 Å². The summed E-state index contributed by atoms with van der Waals surface area (Å²) in [5, 5.41) is 22.2. The Morgan fingerprint density at radius 2 is 1.75 bits per heavy atom. The van der Waals surface area contributed by atoms with Crippen LogP contribution in [0.2, 0.25) is 0 Å². The van der Waals surface area contributed by atoms with Gasteiger partial charge in [0.2, 0.25) is 5.88 Å². The number of carbonyl (C=O) groups excluding carboxylic acids is 2. The Balaban J connectivity index is 1.61. The van der Waals surface area contributed by atoms with E-state index in [1.807, 2.05) is 0 Å². The number of non-ortho nitro benzene ring substituents is 1. The summed E-state index contributed by atoms with van der Waals surface area (Å²) in [6, 6.07) is 12.1. The lowest BCUT2D eigenvalue weighted by Gasteiger charge is -2.25. The maximum Gasteiger partial charge on any atom is 0.415 e. The number of benzene rings is 2. The van der Waals surface area contributed by atoms with Gasteiger partial charge in [0.25, 0.3) is 11.6 Å². The zero-order valence-corrected chi connectivity index (χ0v) is 27.1. The molecular formula is C32H32F2N6O7S. The second-order valence-corrected chi connectivity index (χ2v) is 12.0. The topological polar surface area (TPSA) is 149 Å². The van der Waals surface area contributed by atoms with Crippen molar-refractivity contribution in [2.45, 2.75) is 20.0 Å². The normalized spacial score (nSPS) is 12.8. The van der Waals surface area contributed by atoms with Crippen molar-refractivity contribution >= 4 is 39.8 Å². The number of nitro groups is 1. The van der Waals surface area contributed by atoms with E-state index in [1.165, 1.54) is 36.4 Å². The smallest absolute Gasteiger partial charge is 0.415 e. The Labute approximate surface area is 278 Å². The van der Waals surface area contributed by atoms with Gasteiger partial charge in [-0.1, -0.05) is 6.07 Å². The number of rotatable bonds is 13. The lowest BCUT2D eigenvalue weighted by atomic mass is 10.0. The molecule has 1 aliphatic heterocycles. The predicted octanol–water partition coefficient (Wildman–Crippen LogP) is 5.89. The van der Waals surface area contributed by atoms with Crippen LogP contribution < -0.4 is 15.0 Å². The Kier molecular flexibility index (Phi) is 10.9. The number of amides is 2. The van der Waals surface area contributed by atoms with Crippen molar-refractivity contribution in [2.24, 2.45) is 5.92 Å². The van der Waals surface area contributed by atoms with E-state index in [-0.39, 0.29) is 47.0 Å². The summed E-state index contributed by atoms with van der Waals surface area (Å²) in [5.74, 6) is -1.87. The lowest BCUT2D eigenvalue weighted by Crippen LogP contribution is -2.33. The number of nitro benzene ring substituents is 1. The van der Waals surface area contributed by atoms with Crippen molar-refractivity contribution in [2.75, 3.05) is 50.7 Å². The Hall–Kier alpha value is -5.06. The Morgan fingerprint density at radius 3 is 2.31 bits per heavy atom. The van der Waals surface area contributed by atoms with Gasteiger partial charge >= 0.3 is 6.09 Å². The standard InChI is InChI=1S/C32H32F2N6O7S/c1-4-46-32(42)39(15-22-24(33)6-5-7-25(22)34)31-28(30(41)35-26-12-13-27(37-36-26)47-18-19-16-45-17-19)23(14-38(2)3)29(48-31)20-8-10-21(11-9-20)40(43)44/h5-13,19H,4,14-18H2,1-3H3,(H,35,36,41). The number of ether oxygens (including phenoxy) is 3. The Bertz CT molecular complexity index is 1760. The number of hydrogen-bond donors (Lipinski definition) is 1. The molecule has 2 amide bonds. The second kappa shape index (κ2) is 15.2. The van der Waals surface area contributed by atoms with Gasteiger partial charge in [0.05, 0.1) is 43.5 Å². The SMILES string of the molecule is CCOC(=O)N(Cc1c(F)cccc1F)c1sc(-c2ccc([N+](=O)[O-])cc2)c(CN(C)C)c1C(=O)Nc1ccc(OCC2COC2)nn1. The summed E-state index contributed by atoms with van der Waals surface area (Å²) in [4.78, 5) is 41.8. The highest BCUT2D eigenvalue weighted by Gasteiger charge is 2.33. The van der Waals surface area contributed by atoms with Crippen LogP contribution in [0.5, 0.6) is 5.88 Å². The predicted molar refractivity (Wildman–Crippen MR) is 173 cm³/mol. The van der Waals surface area contributed by atoms with Crippen LogP contribution in [0.1, 0.15) is 28.4 Å². The maximum atomic E-state index is 14.9. The van der Waals surface area contributed by atoms with Crippen LogP contribution in [0.25, 0.3) is 10.4 Å². The molecule has 16 heteroatoms. The molecule has 0 saturated carbocycles. The highest BCUT2D eigenvalue weighted by molar-refractivity contribution is 7.20. The summed E-state index contributed by atoms with van der Waals surface area (Å²) >= 11 is 1.00. The van der Waals surface area contributed by atoms with Gasteiger partial charge in [-0.3, -0.25) is 19.8 Å². The first-order valence-corrected chi connectivity index (χ1v) is 15.6. The molecule has 0 bridgehead atoms. The summed E-state index contributed by atoms with van der Waals surface area (Å²) in [6.45, 7) is 2.72. The van der Waals surface area contributed by atoms with Crippen LogP contribution in [0.4, 0.5) is 30.1 Å². The van der Waals surface area contributed by atoms with E-state index in [1.54, 1.807) is 32.0 Å². The molecule has 0 radical (unpaired) electrons. The van der Waals surface area contributed by atoms with Crippen molar-refractivity contribution in [3.05, 3.63) is 93.0 Å². The van der Waals surface area contributed by atoms with E-state index < -0.39 is 40.7 Å². The third-order valence-electron chi connectivity index (χ3n) is 7.20. The molecule has 252 valence electrons. The van der Waals surface area contributed by atoms with Crippen molar-refractivity contribution in [1.82, 2.24) is 15.1 Å². The van der Waals surface area contributed by atoms with Gasteiger partial charge in [-0.05, 0) is 62.5 Å². The van der Waals surface area contributed by atoms with Gasteiger partial charge in [0, 0.05) is 41.1 Å². The van der Waals surface area contributed by atoms with Gasteiger partial charge in [-0.15, -0.1) is 21.5 Å². The average molecular weight is 683 g/mol. The van der Waals surface area contributed by atoms with Crippen molar-refractivity contribution in [3.63, 3.8) is 0 Å². The highest BCUT2D eigenvalue weighted by Crippen LogP contribution is 2.44. The molecule has 1 N–H and O–H groups in total. The minimum Gasteiger partial charge on any atom is -0.476 e. The van der Waals surface area contributed by atoms with Crippen LogP contribution in [-0.2, 0) is 22.6 Å². The molecule has 1 saturated heterocycles. The summed E-state index contributed by atoms with van der Waals surface area (Å²) in [6.07, 6.45) is -0.944. The fraction of sp³-hybridized carbons (Fsp3) is 0.312. The first-order valence-electron chi connectivity index (χ1n) is 14.8. The number of nitrogens with one attached hydrogen (secondary N) is 1. The minimum atomic E-state index is -0.944. The largest absolute Gasteiger partial charge is 0.476 e. The fourth-order valence-corrected chi connectivity index (χ4v) is 6.10. The highest BCUT2D eigenvalue weighted by atomic mass is 32.1. The van der Waals surface area contributed by atoms with Crippen LogP contribution in [0, 0.1) is 27.7 Å². The molecule has 2 aromatic heterocycles. The zero-order valence-electron chi connectivity index (χ0n) is 26.3. The summed E-state index contributed by atoms with van der Waals surface area (Å²) < 4.78 is 45.9. The molecule has 3 heterocycles. The monoisotopic (exact) mass is 682 g/mol. The third kappa shape index (κ3) is 7.90. The minimum absolute atomic E-state index is 0.0129. The number of anilines is 2. The fourth-order valence-electron chi connectivity index (χ4n) is 4.80. The third-order valence-corrected chi connectivity index (χ3v) is 8.50. The molecule has 0 spiro atoms. The molecule has 1 aliphatic rings. The quantitative estimate of drug-likeness (QED) is 0.134. The van der Waals surface area contributed by atoms with E-state index in [9.17, 15) is 28.5 Å². The number of hydrogen-bond acceptors (Lipinski definition) is 11. The van der Waals surface area contributed by atoms with Gasteiger partial charge in [-0.25, -0.2) is 13.6 Å². The number of thiophene rings is 1. The van der Waals surface area contributed by atoms with Gasteiger partial charge in [0.1, 0.15) is 16.6 Å². The number of halogens is 2. The first kappa shape index (κ1) is 34.3. The molecule has 0 atom stereocenters. The van der Waals surface area contributed by atoms with Gasteiger partial charge in [0.15, 0.2) is 5.82 Å².